The van der Waals surface area contributed by atoms with Crippen LogP contribution in [-0.4, -0.2) is 36.1 Å². The average molecular weight is 254 g/mol. The van der Waals surface area contributed by atoms with Gasteiger partial charge in [-0.15, -0.1) is 0 Å². The Morgan fingerprint density at radius 1 is 1.17 bits per heavy atom. The molecule has 108 valence electrons. The number of nitrogens with one attached hydrogen (secondary N) is 1. The summed E-state index contributed by atoms with van der Waals surface area (Å²) in [6, 6.07) is 2.36. The van der Waals surface area contributed by atoms with Gasteiger partial charge in [0.15, 0.2) is 0 Å². The van der Waals surface area contributed by atoms with Crippen LogP contribution >= 0.6 is 0 Å². The topological polar surface area (TPSA) is 15.3 Å². The normalized spacial score (nSPS) is 27.0. The molecule has 0 amide bonds. The first-order valence-electron chi connectivity index (χ1n) is 8.08. The molecular formula is C16H34N2. The lowest BCUT2D eigenvalue weighted by molar-refractivity contribution is 0.122. The molecule has 2 heteroatoms. The summed E-state index contributed by atoms with van der Waals surface area (Å²) in [4.78, 5) is 2.82. The van der Waals surface area contributed by atoms with E-state index in [1.165, 1.54) is 38.6 Å². The van der Waals surface area contributed by atoms with Gasteiger partial charge in [0.05, 0.1) is 0 Å². The molecule has 0 spiro atoms. The average Bonchev–Trinajstić information content (AvgIpc) is 2.69. The highest BCUT2D eigenvalue weighted by molar-refractivity contribution is 4.90. The third-order valence-corrected chi connectivity index (χ3v) is 4.30. The summed E-state index contributed by atoms with van der Waals surface area (Å²) in [6.07, 6.45) is 6.75. The molecule has 1 rings (SSSR count). The molecular weight excluding hydrogens is 220 g/mol. The molecule has 0 aromatic carbocycles. The molecule has 1 fully saturated rings. The van der Waals surface area contributed by atoms with E-state index in [1.54, 1.807) is 0 Å². The van der Waals surface area contributed by atoms with Crippen LogP contribution in [0.1, 0.15) is 66.7 Å². The molecule has 1 saturated heterocycles. The zero-order valence-electron chi connectivity index (χ0n) is 13.2. The van der Waals surface area contributed by atoms with E-state index in [-0.39, 0.29) is 0 Å². The first kappa shape index (κ1) is 16.0. The summed E-state index contributed by atoms with van der Waals surface area (Å²) < 4.78 is 0. The first-order chi connectivity index (χ1) is 8.60. The van der Waals surface area contributed by atoms with Gasteiger partial charge in [-0.25, -0.2) is 0 Å². The van der Waals surface area contributed by atoms with Crippen LogP contribution in [0.2, 0.25) is 0 Å². The standard InChI is InChI=1S/C16H34N2/c1-6-8-16(12-17-11-13(3)4)18-14(5)9-10-15(18)7-2/h13-17H,6-12H2,1-5H3. The molecule has 0 aliphatic carbocycles. The maximum absolute atomic E-state index is 3.67. The Morgan fingerprint density at radius 3 is 2.44 bits per heavy atom. The summed E-state index contributed by atoms with van der Waals surface area (Å²) in [5, 5.41) is 3.67. The summed E-state index contributed by atoms with van der Waals surface area (Å²) in [5.74, 6) is 0.755. The second-order valence-corrected chi connectivity index (χ2v) is 6.43. The van der Waals surface area contributed by atoms with E-state index in [9.17, 15) is 0 Å². The summed E-state index contributed by atoms with van der Waals surface area (Å²) in [7, 11) is 0. The van der Waals surface area contributed by atoms with E-state index >= 15 is 0 Å². The lowest BCUT2D eigenvalue weighted by Crippen LogP contribution is -2.48. The Morgan fingerprint density at radius 2 is 1.89 bits per heavy atom. The fourth-order valence-corrected chi connectivity index (χ4v) is 3.39. The number of rotatable bonds is 8. The number of likely N-dealkylation sites (tertiary alicyclic amines) is 1. The maximum atomic E-state index is 3.67. The van der Waals surface area contributed by atoms with Gasteiger partial charge >= 0.3 is 0 Å². The lowest BCUT2D eigenvalue weighted by Gasteiger charge is -2.36. The molecule has 0 aromatic rings. The third kappa shape index (κ3) is 4.55. The highest BCUT2D eigenvalue weighted by atomic mass is 15.2. The van der Waals surface area contributed by atoms with E-state index in [0.717, 1.165) is 30.6 Å². The molecule has 1 aliphatic heterocycles. The van der Waals surface area contributed by atoms with E-state index in [0.29, 0.717) is 0 Å². The van der Waals surface area contributed by atoms with Gasteiger partial charge in [0.1, 0.15) is 0 Å². The van der Waals surface area contributed by atoms with Crippen LogP contribution in [0, 0.1) is 5.92 Å². The van der Waals surface area contributed by atoms with Crippen LogP contribution < -0.4 is 5.32 Å². The van der Waals surface area contributed by atoms with Crippen molar-refractivity contribution in [3.8, 4) is 0 Å². The quantitative estimate of drug-likeness (QED) is 0.711. The van der Waals surface area contributed by atoms with Crippen molar-refractivity contribution in [1.29, 1.82) is 0 Å². The minimum atomic E-state index is 0.746. The molecule has 1 N–H and O–H groups in total. The van der Waals surface area contributed by atoms with Crippen LogP contribution in [0.4, 0.5) is 0 Å². The highest BCUT2D eigenvalue weighted by Gasteiger charge is 2.33. The fourth-order valence-electron chi connectivity index (χ4n) is 3.39. The van der Waals surface area contributed by atoms with Crippen molar-refractivity contribution < 1.29 is 0 Å². The Hall–Kier alpha value is -0.0800. The van der Waals surface area contributed by atoms with Crippen LogP contribution in [0.5, 0.6) is 0 Å². The van der Waals surface area contributed by atoms with E-state index in [2.05, 4.69) is 44.8 Å². The molecule has 0 aromatic heterocycles. The number of hydrogen-bond donors (Lipinski definition) is 1. The van der Waals surface area contributed by atoms with Crippen molar-refractivity contribution in [3.05, 3.63) is 0 Å². The second-order valence-electron chi connectivity index (χ2n) is 6.43. The summed E-state index contributed by atoms with van der Waals surface area (Å²) in [6.45, 7) is 14.0. The Bertz CT molecular complexity index is 215. The lowest BCUT2D eigenvalue weighted by atomic mass is 10.1. The van der Waals surface area contributed by atoms with Gasteiger partial charge in [-0.05, 0) is 45.1 Å². The summed E-state index contributed by atoms with van der Waals surface area (Å²) in [5.41, 5.74) is 0. The molecule has 0 bridgehead atoms. The molecule has 3 unspecified atom stereocenters. The van der Waals surface area contributed by atoms with Gasteiger partial charge in [-0.2, -0.15) is 0 Å². The maximum Gasteiger partial charge on any atom is 0.0226 e. The van der Waals surface area contributed by atoms with E-state index in [1.807, 2.05) is 0 Å². The molecule has 18 heavy (non-hydrogen) atoms. The molecule has 0 saturated carbocycles. The molecule has 1 aliphatic rings. The Balaban J connectivity index is 2.53. The minimum Gasteiger partial charge on any atom is -0.315 e. The largest absolute Gasteiger partial charge is 0.315 e. The predicted molar refractivity (Wildman–Crippen MR) is 81.0 cm³/mol. The van der Waals surface area contributed by atoms with Gasteiger partial charge in [0.2, 0.25) is 0 Å². The molecule has 2 nitrogen and oxygen atoms in total. The van der Waals surface area contributed by atoms with Crippen molar-refractivity contribution in [2.45, 2.75) is 84.8 Å². The SMILES string of the molecule is CCCC(CNCC(C)C)N1C(C)CCC1CC. The Kier molecular flexibility index (Phi) is 7.25. The van der Waals surface area contributed by atoms with Gasteiger partial charge in [0.25, 0.3) is 0 Å². The predicted octanol–water partition coefficient (Wildman–Crippen LogP) is 3.66. The zero-order chi connectivity index (χ0) is 13.5. The molecule has 0 radical (unpaired) electrons. The van der Waals surface area contributed by atoms with Crippen molar-refractivity contribution >= 4 is 0 Å². The van der Waals surface area contributed by atoms with Crippen LogP contribution in [0.15, 0.2) is 0 Å². The van der Waals surface area contributed by atoms with Gasteiger partial charge in [-0.3, -0.25) is 4.90 Å². The summed E-state index contributed by atoms with van der Waals surface area (Å²) >= 11 is 0. The van der Waals surface area contributed by atoms with Gasteiger partial charge in [0, 0.05) is 24.7 Å². The zero-order valence-corrected chi connectivity index (χ0v) is 13.2. The van der Waals surface area contributed by atoms with E-state index < -0.39 is 0 Å². The van der Waals surface area contributed by atoms with Crippen LogP contribution in [0.3, 0.4) is 0 Å². The van der Waals surface area contributed by atoms with Crippen molar-refractivity contribution in [1.82, 2.24) is 10.2 Å². The number of nitrogens with zero attached hydrogens (tertiary/aromatic N) is 1. The molecule has 1 heterocycles. The Labute approximate surface area is 115 Å². The van der Waals surface area contributed by atoms with Gasteiger partial charge < -0.3 is 5.32 Å². The second kappa shape index (κ2) is 8.16. The number of hydrogen-bond acceptors (Lipinski definition) is 2. The van der Waals surface area contributed by atoms with Crippen LogP contribution in [0.25, 0.3) is 0 Å². The smallest absolute Gasteiger partial charge is 0.0226 e. The fraction of sp³-hybridized carbons (Fsp3) is 1.00. The van der Waals surface area contributed by atoms with E-state index in [4.69, 9.17) is 0 Å². The van der Waals surface area contributed by atoms with Crippen molar-refractivity contribution in [2.75, 3.05) is 13.1 Å². The third-order valence-electron chi connectivity index (χ3n) is 4.30. The van der Waals surface area contributed by atoms with Crippen LogP contribution in [-0.2, 0) is 0 Å². The minimum absolute atomic E-state index is 0.746. The molecule has 3 atom stereocenters. The van der Waals surface area contributed by atoms with Crippen molar-refractivity contribution in [2.24, 2.45) is 5.92 Å². The highest BCUT2D eigenvalue weighted by Crippen LogP contribution is 2.29. The monoisotopic (exact) mass is 254 g/mol. The van der Waals surface area contributed by atoms with Gasteiger partial charge in [-0.1, -0.05) is 34.1 Å². The van der Waals surface area contributed by atoms with Crippen molar-refractivity contribution in [3.63, 3.8) is 0 Å². The first-order valence-corrected chi connectivity index (χ1v) is 8.08.